The molecule has 0 aliphatic heterocycles. The Bertz CT molecular complexity index is 178. The van der Waals surface area contributed by atoms with Gasteiger partial charge < -0.3 is 0 Å². The summed E-state index contributed by atoms with van der Waals surface area (Å²) in [4.78, 5) is 21.8. The Kier molecular flexibility index (Phi) is 3.45. The molecular formula is C10H16O2. The first kappa shape index (κ1) is 9.43. The van der Waals surface area contributed by atoms with Gasteiger partial charge in [-0.2, -0.15) is 0 Å². The van der Waals surface area contributed by atoms with Gasteiger partial charge in [-0.3, -0.25) is 9.59 Å². The highest BCUT2D eigenvalue weighted by atomic mass is 16.1. The monoisotopic (exact) mass is 168 g/mol. The van der Waals surface area contributed by atoms with Crippen molar-refractivity contribution < 1.29 is 9.59 Å². The van der Waals surface area contributed by atoms with E-state index in [9.17, 15) is 9.59 Å². The first-order valence-electron chi connectivity index (χ1n) is 4.69. The van der Waals surface area contributed by atoms with Gasteiger partial charge >= 0.3 is 0 Å². The Morgan fingerprint density at radius 3 is 2.33 bits per heavy atom. The second kappa shape index (κ2) is 4.39. The van der Waals surface area contributed by atoms with E-state index < -0.39 is 0 Å². The first-order valence-corrected chi connectivity index (χ1v) is 4.69. The third kappa shape index (κ3) is 3.16. The molecule has 2 nitrogen and oxygen atoms in total. The summed E-state index contributed by atoms with van der Waals surface area (Å²) in [6, 6.07) is 0. The summed E-state index contributed by atoms with van der Waals surface area (Å²) in [6.45, 7) is 1.48. The van der Waals surface area contributed by atoms with Crippen LogP contribution in [0.5, 0.6) is 0 Å². The molecular weight excluding hydrogens is 152 g/mol. The van der Waals surface area contributed by atoms with Crippen molar-refractivity contribution in [3.05, 3.63) is 0 Å². The van der Waals surface area contributed by atoms with Crippen LogP contribution >= 0.6 is 0 Å². The minimum Gasteiger partial charge on any atom is -0.300 e. The number of hydrogen-bond acceptors (Lipinski definition) is 2. The summed E-state index contributed by atoms with van der Waals surface area (Å²) in [5.41, 5.74) is 0. The highest BCUT2D eigenvalue weighted by Crippen LogP contribution is 2.27. The predicted molar refractivity (Wildman–Crippen MR) is 46.9 cm³/mol. The minimum absolute atomic E-state index is 0.00185. The van der Waals surface area contributed by atoms with Crippen molar-refractivity contribution in [3.63, 3.8) is 0 Å². The Morgan fingerprint density at radius 1 is 1.25 bits per heavy atom. The van der Waals surface area contributed by atoms with Gasteiger partial charge in [0, 0.05) is 6.42 Å². The average molecular weight is 168 g/mol. The molecule has 0 amide bonds. The van der Waals surface area contributed by atoms with E-state index in [4.69, 9.17) is 0 Å². The van der Waals surface area contributed by atoms with E-state index in [1.54, 1.807) is 0 Å². The second-order valence-corrected chi connectivity index (χ2v) is 3.77. The lowest BCUT2D eigenvalue weighted by atomic mass is 9.99. The summed E-state index contributed by atoms with van der Waals surface area (Å²) >= 11 is 0. The number of Topliss-reactive ketones (excluding diaryl/α,β-unsaturated/α-hetero) is 2. The van der Waals surface area contributed by atoms with Gasteiger partial charge in [-0.25, -0.2) is 0 Å². The summed E-state index contributed by atoms with van der Waals surface area (Å²) < 4.78 is 0. The van der Waals surface area contributed by atoms with Crippen molar-refractivity contribution in [3.8, 4) is 0 Å². The molecule has 0 radical (unpaired) electrons. The Morgan fingerprint density at radius 2 is 1.83 bits per heavy atom. The zero-order chi connectivity index (χ0) is 8.97. The third-order valence-electron chi connectivity index (χ3n) is 2.44. The largest absolute Gasteiger partial charge is 0.300 e. The van der Waals surface area contributed by atoms with Gasteiger partial charge in [-0.1, -0.05) is 25.7 Å². The van der Waals surface area contributed by atoms with Crippen LogP contribution in [0.1, 0.15) is 45.4 Å². The average Bonchev–Trinajstić information content (AvgIpc) is 2.37. The molecule has 0 aromatic carbocycles. The van der Waals surface area contributed by atoms with Gasteiger partial charge in [0.1, 0.15) is 11.6 Å². The predicted octanol–water partition coefficient (Wildman–Crippen LogP) is 2.11. The standard InChI is InChI=1S/C10H16O2/c1-8(11)6-10(12)7-9-4-2-3-5-9/h9H,2-7H2,1H3. The smallest absolute Gasteiger partial charge is 0.140 e. The van der Waals surface area contributed by atoms with E-state index >= 15 is 0 Å². The van der Waals surface area contributed by atoms with Crippen LogP contribution in [0.25, 0.3) is 0 Å². The highest BCUT2D eigenvalue weighted by molar-refractivity contribution is 5.97. The molecule has 0 aromatic heterocycles. The van der Waals surface area contributed by atoms with Gasteiger partial charge in [0.25, 0.3) is 0 Å². The summed E-state index contributed by atoms with van der Waals surface area (Å²) in [6.07, 6.45) is 5.68. The van der Waals surface area contributed by atoms with Crippen molar-refractivity contribution in [1.29, 1.82) is 0 Å². The number of ketones is 2. The molecule has 1 saturated carbocycles. The molecule has 2 heteroatoms. The highest BCUT2D eigenvalue weighted by Gasteiger charge is 2.18. The molecule has 1 aliphatic rings. The lowest BCUT2D eigenvalue weighted by molar-refractivity contribution is -0.126. The van der Waals surface area contributed by atoms with Crippen LogP contribution in [-0.2, 0) is 9.59 Å². The van der Waals surface area contributed by atoms with E-state index in [1.165, 1.54) is 32.6 Å². The maximum Gasteiger partial charge on any atom is 0.140 e. The molecule has 0 saturated heterocycles. The van der Waals surface area contributed by atoms with Crippen LogP contribution in [0.4, 0.5) is 0 Å². The van der Waals surface area contributed by atoms with Crippen LogP contribution in [0.2, 0.25) is 0 Å². The van der Waals surface area contributed by atoms with Crippen LogP contribution in [0, 0.1) is 5.92 Å². The fourth-order valence-electron chi connectivity index (χ4n) is 1.89. The quantitative estimate of drug-likeness (QED) is 0.602. The van der Waals surface area contributed by atoms with E-state index in [2.05, 4.69) is 0 Å². The maximum absolute atomic E-state index is 11.2. The zero-order valence-corrected chi connectivity index (χ0v) is 7.64. The van der Waals surface area contributed by atoms with Gasteiger partial charge in [0.2, 0.25) is 0 Å². The van der Waals surface area contributed by atoms with Crippen molar-refractivity contribution >= 4 is 11.6 Å². The van der Waals surface area contributed by atoms with E-state index in [1.807, 2.05) is 0 Å². The normalized spacial score (nSPS) is 18.1. The maximum atomic E-state index is 11.2. The fourth-order valence-corrected chi connectivity index (χ4v) is 1.89. The molecule has 1 aliphatic carbocycles. The number of carbonyl (C=O) groups excluding carboxylic acids is 2. The Labute approximate surface area is 73.3 Å². The zero-order valence-electron chi connectivity index (χ0n) is 7.64. The second-order valence-electron chi connectivity index (χ2n) is 3.77. The molecule has 0 heterocycles. The van der Waals surface area contributed by atoms with Gasteiger partial charge in [0.05, 0.1) is 6.42 Å². The van der Waals surface area contributed by atoms with E-state index in [0.717, 1.165) is 0 Å². The summed E-state index contributed by atoms with van der Waals surface area (Å²) in [7, 11) is 0. The van der Waals surface area contributed by atoms with Crippen molar-refractivity contribution in [2.24, 2.45) is 5.92 Å². The molecule has 1 fully saturated rings. The first-order chi connectivity index (χ1) is 5.68. The van der Waals surface area contributed by atoms with Crippen molar-refractivity contribution in [1.82, 2.24) is 0 Å². The number of hydrogen-bond donors (Lipinski definition) is 0. The molecule has 1 rings (SSSR count). The molecule has 0 N–H and O–H groups in total. The minimum atomic E-state index is -0.00185. The van der Waals surface area contributed by atoms with Gasteiger partial charge in [-0.05, 0) is 12.8 Å². The fraction of sp³-hybridized carbons (Fsp3) is 0.800. The lowest BCUT2D eigenvalue weighted by Gasteiger charge is -2.05. The van der Waals surface area contributed by atoms with Crippen LogP contribution in [0.3, 0.4) is 0 Å². The van der Waals surface area contributed by atoms with Crippen LogP contribution < -0.4 is 0 Å². The topological polar surface area (TPSA) is 34.1 Å². The Hall–Kier alpha value is -0.660. The SMILES string of the molecule is CC(=O)CC(=O)CC1CCCC1. The third-order valence-corrected chi connectivity index (χ3v) is 2.44. The van der Waals surface area contributed by atoms with Gasteiger partial charge in [0.15, 0.2) is 0 Å². The van der Waals surface area contributed by atoms with Crippen molar-refractivity contribution in [2.45, 2.75) is 45.4 Å². The molecule has 12 heavy (non-hydrogen) atoms. The molecule has 0 unspecified atom stereocenters. The van der Waals surface area contributed by atoms with E-state index in [0.29, 0.717) is 12.3 Å². The molecule has 0 aromatic rings. The molecule has 0 bridgehead atoms. The molecule has 0 atom stereocenters. The van der Waals surface area contributed by atoms with Gasteiger partial charge in [-0.15, -0.1) is 0 Å². The van der Waals surface area contributed by atoms with Crippen molar-refractivity contribution in [2.75, 3.05) is 0 Å². The number of rotatable bonds is 4. The summed E-state index contributed by atoms with van der Waals surface area (Å²) in [5.74, 6) is 0.712. The van der Waals surface area contributed by atoms with Crippen LogP contribution in [0.15, 0.2) is 0 Å². The number of carbonyl (C=O) groups is 2. The molecule has 0 spiro atoms. The molecule has 68 valence electrons. The van der Waals surface area contributed by atoms with E-state index in [-0.39, 0.29) is 18.0 Å². The Balaban J connectivity index is 2.20. The summed E-state index contributed by atoms with van der Waals surface area (Å²) in [5, 5.41) is 0. The van der Waals surface area contributed by atoms with Crippen LogP contribution in [-0.4, -0.2) is 11.6 Å². The lowest BCUT2D eigenvalue weighted by Crippen LogP contribution is -2.08.